The predicted octanol–water partition coefficient (Wildman–Crippen LogP) is 2.98. The van der Waals surface area contributed by atoms with Gasteiger partial charge in [0, 0.05) is 29.7 Å². The normalized spacial score (nSPS) is 10.4. The molecule has 2 heterocycles. The Morgan fingerprint density at radius 1 is 1.11 bits per heavy atom. The Labute approximate surface area is 108 Å². The number of hydrogen-bond acceptors (Lipinski definition) is 4. The Bertz CT molecular complexity index is 537. The lowest BCUT2D eigenvalue weighted by Gasteiger charge is -2.07. The molecule has 0 fully saturated rings. The molecule has 0 bridgehead atoms. The fourth-order valence-electron chi connectivity index (χ4n) is 1.74. The van der Waals surface area contributed by atoms with Crippen molar-refractivity contribution in [3.05, 3.63) is 35.8 Å². The smallest absolute Gasteiger partial charge is 0.223 e. The van der Waals surface area contributed by atoms with E-state index in [4.69, 9.17) is 0 Å². The van der Waals surface area contributed by atoms with Crippen molar-refractivity contribution in [2.45, 2.75) is 27.2 Å². The van der Waals surface area contributed by atoms with Gasteiger partial charge in [0.15, 0.2) is 0 Å². The molecule has 4 heteroatoms. The molecule has 0 spiro atoms. The Balaban J connectivity index is 2.35. The van der Waals surface area contributed by atoms with Crippen molar-refractivity contribution in [3.8, 4) is 11.3 Å². The van der Waals surface area contributed by atoms with Gasteiger partial charge in [0.05, 0.1) is 5.69 Å². The summed E-state index contributed by atoms with van der Waals surface area (Å²) >= 11 is 0. The summed E-state index contributed by atoms with van der Waals surface area (Å²) in [6.45, 7) is 6.97. The molecule has 4 nitrogen and oxygen atoms in total. The molecule has 0 aliphatic heterocycles. The van der Waals surface area contributed by atoms with Crippen molar-refractivity contribution in [1.82, 2.24) is 15.0 Å². The standard InChI is InChI=1S/C14H18N4/c1-4-6-16-14-17-11(3)9-13(18-14)12-5-7-15-10(2)8-12/h5,7-9H,4,6H2,1-3H3,(H,16,17,18). The Morgan fingerprint density at radius 3 is 2.67 bits per heavy atom. The third-order valence-corrected chi connectivity index (χ3v) is 2.58. The van der Waals surface area contributed by atoms with Crippen LogP contribution in [0.3, 0.4) is 0 Å². The van der Waals surface area contributed by atoms with Crippen LogP contribution in [-0.2, 0) is 0 Å². The second-order valence-corrected chi connectivity index (χ2v) is 4.33. The van der Waals surface area contributed by atoms with Crippen LogP contribution in [0.15, 0.2) is 24.4 Å². The van der Waals surface area contributed by atoms with Crippen molar-refractivity contribution >= 4 is 5.95 Å². The van der Waals surface area contributed by atoms with E-state index in [0.717, 1.165) is 35.6 Å². The van der Waals surface area contributed by atoms with E-state index in [9.17, 15) is 0 Å². The highest BCUT2D eigenvalue weighted by molar-refractivity contribution is 5.60. The minimum absolute atomic E-state index is 0.696. The van der Waals surface area contributed by atoms with Crippen LogP contribution in [0, 0.1) is 13.8 Å². The van der Waals surface area contributed by atoms with E-state index in [0.29, 0.717) is 5.95 Å². The van der Waals surface area contributed by atoms with Crippen molar-refractivity contribution in [2.24, 2.45) is 0 Å². The maximum absolute atomic E-state index is 4.53. The zero-order chi connectivity index (χ0) is 13.0. The second-order valence-electron chi connectivity index (χ2n) is 4.33. The molecule has 2 aromatic rings. The lowest BCUT2D eigenvalue weighted by molar-refractivity contribution is 0.947. The minimum atomic E-state index is 0.696. The van der Waals surface area contributed by atoms with Gasteiger partial charge in [0.2, 0.25) is 5.95 Å². The van der Waals surface area contributed by atoms with E-state index < -0.39 is 0 Å². The van der Waals surface area contributed by atoms with Crippen LogP contribution >= 0.6 is 0 Å². The summed E-state index contributed by atoms with van der Waals surface area (Å²) in [4.78, 5) is 13.1. The Morgan fingerprint density at radius 2 is 1.94 bits per heavy atom. The fraction of sp³-hybridized carbons (Fsp3) is 0.357. The first-order valence-electron chi connectivity index (χ1n) is 6.21. The zero-order valence-electron chi connectivity index (χ0n) is 11.1. The topological polar surface area (TPSA) is 50.7 Å². The van der Waals surface area contributed by atoms with Crippen molar-refractivity contribution in [2.75, 3.05) is 11.9 Å². The van der Waals surface area contributed by atoms with Crippen LogP contribution in [0.25, 0.3) is 11.3 Å². The number of anilines is 1. The van der Waals surface area contributed by atoms with Crippen molar-refractivity contribution in [3.63, 3.8) is 0 Å². The van der Waals surface area contributed by atoms with E-state index in [1.54, 1.807) is 6.20 Å². The lowest BCUT2D eigenvalue weighted by Crippen LogP contribution is -2.05. The highest BCUT2D eigenvalue weighted by atomic mass is 15.1. The van der Waals surface area contributed by atoms with E-state index in [2.05, 4.69) is 27.2 Å². The molecule has 0 unspecified atom stereocenters. The predicted molar refractivity (Wildman–Crippen MR) is 73.5 cm³/mol. The van der Waals surface area contributed by atoms with Crippen molar-refractivity contribution in [1.29, 1.82) is 0 Å². The fourth-order valence-corrected chi connectivity index (χ4v) is 1.74. The number of pyridine rings is 1. The SMILES string of the molecule is CCCNc1nc(C)cc(-c2ccnc(C)c2)n1. The molecule has 0 aliphatic rings. The average Bonchev–Trinajstić information content (AvgIpc) is 2.36. The number of aromatic nitrogens is 3. The largest absolute Gasteiger partial charge is 0.354 e. The van der Waals surface area contributed by atoms with Crippen LogP contribution < -0.4 is 5.32 Å². The third-order valence-electron chi connectivity index (χ3n) is 2.58. The lowest BCUT2D eigenvalue weighted by atomic mass is 10.1. The van der Waals surface area contributed by atoms with Gasteiger partial charge in [-0.2, -0.15) is 0 Å². The van der Waals surface area contributed by atoms with Gasteiger partial charge in [-0.1, -0.05) is 6.92 Å². The summed E-state index contributed by atoms with van der Waals surface area (Å²) in [6.07, 6.45) is 2.86. The molecule has 0 radical (unpaired) electrons. The summed E-state index contributed by atoms with van der Waals surface area (Å²) < 4.78 is 0. The Kier molecular flexibility index (Phi) is 3.87. The van der Waals surface area contributed by atoms with Gasteiger partial charge in [0.1, 0.15) is 0 Å². The van der Waals surface area contributed by atoms with Crippen LogP contribution in [0.2, 0.25) is 0 Å². The molecule has 0 aromatic carbocycles. The molecule has 2 aromatic heterocycles. The van der Waals surface area contributed by atoms with E-state index in [1.807, 2.05) is 32.0 Å². The quantitative estimate of drug-likeness (QED) is 0.895. The number of aryl methyl sites for hydroxylation is 2. The van der Waals surface area contributed by atoms with Gasteiger partial charge in [-0.25, -0.2) is 9.97 Å². The minimum Gasteiger partial charge on any atom is -0.354 e. The summed E-state index contributed by atoms with van der Waals surface area (Å²) in [5.41, 5.74) is 3.97. The maximum Gasteiger partial charge on any atom is 0.223 e. The monoisotopic (exact) mass is 242 g/mol. The molecular formula is C14H18N4. The molecule has 0 aliphatic carbocycles. The van der Waals surface area contributed by atoms with E-state index in [1.165, 1.54) is 0 Å². The van der Waals surface area contributed by atoms with Gasteiger partial charge in [-0.05, 0) is 38.5 Å². The van der Waals surface area contributed by atoms with Crippen LogP contribution in [-0.4, -0.2) is 21.5 Å². The molecule has 0 amide bonds. The van der Waals surface area contributed by atoms with Gasteiger partial charge in [-0.15, -0.1) is 0 Å². The molecule has 0 atom stereocenters. The molecule has 94 valence electrons. The van der Waals surface area contributed by atoms with Gasteiger partial charge in [0.25, 0.3) is 0 Å². The summed E-state index contributed by atoms with van der Waals surface area (Å²) in [5, 5.41) is 3.22. The number of hydrogen-bond donors (Lipinski definition) is 1. The van der Waals surface area contributed by atoms with Crippen LogP contribution in [0.5, 0.6) is 0 Å². The van der Waals surface area contributed by atoms with Gasteiger partial charge < -0.3 is 5.32 Å². The number of rotatable bonds is 4. The van der Waals surface area contributed by atoms with Gasteiger partial charge in [-0.3, -0.25) is 4.98 Å². The van der Waals surface area contributed by atoms with Gasteiger partial charge >= 0.3 is 0 Å². The number of nitrogens with zero attached hydrogens (tertiary/aromatic N) is 3. The summed E-state index contributed by atoms with van der Waals surface area (Å²) in [5.74, 6) is 0.696. The van der Waals surface area contributed by atoms with Crippen LogP contribution in [0.4, 0.5) is 5.95 Å². The molecule has 18 heavy (non-hydrogen) atoms. The highest BCUT2D eigenvalue weighted by Crippen LogP contribution is 2.19. The molecule has 2 rings (SSSR count). The number of nitrogens with one attached hydrogen (secondary N) is 1. The first-order valence-corrected chi connectivity index (χ1v) is 6.21. The van der Waals surface area contributed by atoms with E-state index >= 15 is 0 Å². The summed E-state index contributed by atoms with van der Waals surface area (Å²) in [6, 6.07) is 6.00. The molecule has 0 saturated carbocycles. The first-order chi connectivity index (χ1) is 8.69. The van der Waals surface area contributed by atoms with Crippen molar-refractivity contribution < 1.29 is 0 Å². The van der Waals surface area contributed by atoms with Crippen LogP contribution in [0.1, 0.15) is 24.7 Å². The molecule has 1 N–H and O–H groups in total. The first kappa shape index (κ1) is 12.5. The third kappa shape index (κ3) is 3.03. The molecular weight excluding hydrogens is 224 g/mol. The van der Waals surface area contributed by atoms with E-state index in [-0.39, 0.29) is 0 Å². The highest BCUT2D eigenvalue weighted by Gasteiger charge is 2.04. The zero-order valence-corrected chi connectivity index (χ0v) is 11.1. The average molecular weight is 242 g/mol. The second kappa shape index (κ2) is 5.58. The molecule has 0 saturated heterocycles. The Hall–Kier alpha value is -1.97. The maximum atomic E-state index is 4.53. The summed E-state index contributed by atoms with van der Waals surface area (Å²) in [7, 11) is 0.